The molecule has 1 saturated heterocycles. The second-order valence-electron chi connectivity index (χ2n) is 8.89. The minimum absolute atomic E-state index is 0.0000487. The number of halogens is 5. The molecule has 1 amide bonds. The van der Waals surface area contributed by atoms with E-state index in [4.69, 9.17) is 16.3 Å². The molecule has 1 aliphatic rings. The molecule has 1 aromatic carbocycles. The summed E-state index contributed by atoms with van der Waals surface area (Å²) in [6.07, 6.45) is -0.126. The van der Waals surface area contributed by atoms with E-state index in [9.17, 15) is 18.0 Å². The topological polar surface area (TPSA) is 58.6 Å². The lowest BCUT2D eigenvalue weighted by atomic mass is 9.90. The largest absolute Gasteiger partial charge is 0.447 e. The van der Waals surface area contributed by atoms with Crippen LogP contribution in [0.4, 0.5) is 23.9 Å². The average Bonchev–Trinajstić information content (AvgIpc) is 2.71. The van der Waals surface area contributed by atoms with Crippen LogP contribution in [0.3, 0.4) is 0 Å². The molecule has 3 rings (SSSR count). The third-order valence-electron chi connectivity index (χ3n) is 5.82. The van der Waals surface area contributed by atoms with Crippen LogP contribution in [0.5, 0.6) is 0 Å². The van der Waals surface area contributed by atoms with Gasteiger partial charge in [0.25, 0.3) is 0 Å². The number of piperidine rings is 1. The van der Waals surface area contributed by atoms with Gasteiger partial charge in [-0.3, -0.25) is 4.90 Å². The smallest absolute Gasteiger partial charge is 0.416 e. The summed E-state index contributed by atoms with van der Waals surface area (Å²) >= 11 is 9.36. The molecular weight excluding hydrogens is 537 g/mol. The lowest BCUT2D eigenvalue weighted by Gasteiger charge is -2.53. The SMILES string of the molecule is CC(C)OC(=O)N1C(C)CCCC1(C)N(Cc1cc(Cl)cc(C(F)(F)F)c1)c1ncc(Br)cn1. The third-order valence-corrected chi connectivity index (χ3v) is 6.45. The Morgan fingerprint density at radius 3 is 2.56 bits per heavy atom. The molecule has 0 N–H and O–H groups in total. The van der Waals surface area contributed by atoms with Crippen LogP contribution >= 0.6 is 27.5 Å². The summed E-state index contributed by atoms with van der Waals surface area (Å²) in [5.74, 6) is 0.274. The van der Waals surface area contributed by atoms with Crippen molar-refractivity contribution in [3.8, 4) is 0 Å². The molecule has 0 aliphatic carbocycles. The summed E-state index contributed by atoms with van der Waals surface area (Å²) in [5.41, 5.74) is -1.48. The van der Waals surface area contributed by atoms with Crippen LogP contribution in [-0.4, -0.2) is 38.8 Å². The van der Waals surface area contributed by atoms with Gasteiger partial charge < -0.3 is 9.64 Å². The number of amides is 1. The molecule has 0 radical (unpaired) electrons. The van der Waals surface area contributed by atoms with Crippen LogP contribution in [0.25, 0.3) is 0 Å². The molecule has 2 unspecified atom stereocenters. The Morgan fingerprint density at radius 1 is 1.32 bits per heavy atom. The Kier molecular flexibility index (Phi) is 8.02. The number of likely N-dealkylation sites (tertiary alicyclic amines) is 1. The first-order valence-electron chi connectivity index (χ1n) is 10.9. The molecule has 186 valence electrons. The first-order valence-corrected chi connectivity index (χ1v) is 12.1. The number of hydrogen-bond donors (Lipinski definition) is 0. The standard InChI is InChI=1S/C23H27BrClF3N4O2/c1-14(2)34-21(33)32-15(3)6-5-7-22(32,4)31(20-29-11-18(24)12-30-20)13-16-8-17(23(26,27)28)10-19(25)9-16/h8-12,14-15H,5-7,13H2,1-4H3. The monoisotopic (exact) mass is 562 g/mol. The molecule has 2 heterocycles. The Hall–Kier alpha value is -2.07. The van der Waals surface area contributed by atoms with Crippen molar-refractivity contribution in [3.63, 3.8) is 0 Å². The maximum Gasteiger partial charge on any atom is 0.416 e. The van der Waals surface area contributed by atoms with E-state index in [1.54, 1.807) is 36.0 Å². The van der Waals surface area contributed by atoms with Crippen molar-refractivity contribution in [1.29, 1.82) is 0 Å². The normalized spacial score (nSPS) is 21.0. The zero-order valence-electron chi connectivity index (χ0n) is 19.4. The lowest BCUT2D eigenvalue weighted by Crippen LogP contribution is -2.65. The highest BCUT2D eigenvalue weighted by Gasteiger charge is 2.47. The maximum absolute atomic E-state index is 13.5. The van der Waals surface area contributed by atoms with Crippen molar-refractivity contribution in [2.24, 2.45) is 0 Å². The molecule has 0 saturated carbocycles. The van der Waals surface area contributed by atoms with Crippen LogP contribution in [0, 0.1) is 0 Å². The summed E-state index contributed by atoms with van der Waals surface area (Å²) in [4.78, 5) is 25.4. The van der Waals surface area contributed by atoms with Gasteiger partial charge in [-0.1, -0.05) is 11.6 Å². The van der Waals surface area contributed by atoms with E-state index in [2.05, 4.69) is 25.9 Å². The number of rotatable bonds is 5. The number of carbonyl (C=O) groups is 1. The fourth-order valence-electron chi connectivity index (χ4n) is 4.35. The van der Waals surface area contributed by atoms with Crippen LogP contribution in [0.15, 0.2) is 35.1 Å². The molecular formula is C23H27BrClF3N4O2. The zero-order chi connectivity index (χ0) is 25.3. The molecule has 2 atom stereocenters. The number of nitrogens with zero attached hydrogens (tertiary/aromatic N) is 4. The second-order valence-corrected chi connectivity index (χ2v) is 10.2. The lowest BCUT2D eigenvalue weighted by molar-refractivity contribution is -0.137. The van der Waals surface area contributed by atoms with Crippen LogP contribution in [0.2, 0.25) is 5.02 Å². The van der Waals surface area contributed by atoms with Crippen molar-refractivity contribution in [3.05, 3.63) is 51.2 Å². The van der Waals surface area contributed by atoms with Gasteiger partial charge in [-0.25, -0.2) is 14.8 Å². The molecule has 1 aromatic heterocycles. The Morgan fingerprint density at radius 2 is 1.97 bits per heavy atom. The highest BCUT2D eigenvalue weighted by atomic mass is 79.9. The molecule has 0 spiro atoms. The van der Waals surface area contributed by atoms with E-state index >= 15 is 0 Å². The first-order chi connectivity index (χ1) is 15.8. The maximum atomic E-state index is 13.5. The molecule has 0 bridgehead atoms. The van der Waals surface area contributed by atoms with E-state index in [1.165, 1.54) is 6.07 Å². The van der Waals surface area contributed by atoms with Crippen LogP contribution < -0.4 is 4.90 Å². The fourth-order valence-corrected chi connectivity index (χ4v) is 4.81. The summed E-state index contributed by atoms with van der Waals surface area (Å²) in [7, 11) is 0. The number of hydrogen-bond acceptors (Lipinski definition) is 5. The van der Waals surface area contributed by atoms with Crippen molar-refractivity contribution < 1.29 is 22.7 Å². The summed E-state index contributed by atoms with van der Waals surface area (Å²) < 4.78 is 46.5. The second kappa shape index (κ2) is 10.3. The van der Waals surface area contributed by atoms with Gasteiger partial charge in [0.2, 0.25) is 5.95 Å². The van der Waals surface area contributed by atoms with Crippen LogP contribution in [-0.2, 0) is 17.5 Å². The number of alkyl halides is 3. The Bertz CT molecular complexity index is 1020. The van der Waals surface area contributed by atoms with Gasteiger partial charge in [0.15, 0.2) is 0 Å². The Balaban J connectivity index is 2.11. The molecule has 34 heavy (non-hydrogen) atoms. The number of aromatic nitrogens is 2. The molecule has 6 nitrogen and oxygen atoms in total. The van der Waals surface area contributed by atoms with E-state index in [0.717, 1.165) is 25.0 Å². The van der Waals surface area contributed by atoms with Crippen molar-refractivity contribution >= 4 is 39.6 Å². The highest BCUT2D eigenvalue weighted by Crippen LogP contribution is 2.39. The summed E-state index contributed by atoms with van der Waals surface area (Å²) in [6.45, 7) is 7.33. The summed E-state index contributed by atoms with van der Waals surface area (Å²) in [6, 6.07) is 3.27. The van der Waals surface area contributed by atoms with Crippen LogP contribution in [0.1, 0.15) is 58.1 Å². The predicted octanol–water partition coefficient (Wildman–Crippen LogP) is 7.05. The van der Waals surface area contributed by atoms with Gasteiger partial charge in [0.05, 0.1) is 16.1 Å². The molecule has 11 heteroatoms. The van der Waals surface area contributed by atoms with Crippen molar-refractivity contribution in [1.82, 2.24) is 14.9 Å². The molecule has 1 fully saturated rings. The predicted molar refractivity (Wildman–Crippen MR) is 128 cm³/mol. The number of ether oxygens (including phenoxy) is 1. The van der Waals surface area contributed by atoms with Gasteiger partial charge in [0.1, 0.15) is 5.66 Å². The molecule has 1 aliphatic heterocycles. The van der Waals surface area contributed by atoms with Gasteiger partial charge >= 0.3 is 12.3 Å². The van der Waals surface area contributed by atoms with Crippen molar-refractivity contribution in [2.45, 2.75) is 77.5 Å². The number of carbonyl (C=O) groups excluding carboxylic acids is 1. The molecule has 2 aromatic rings. The number of benzene rings is 1. The van der Waals surface area contributed by atoms with E-state index < -0.39 is 23.5 Å². The van der Waals surface area contributed by atoms with Gasteiger partial charge in [-0.15, -0.1) is 0 Å². The van der Waals surface area contributed by atoms with Gasteiger partial charge in [0, 0.05) is 30.0 Å². The Labute approximate surface area is 210 Å². The summed E-state index contributed by atoms with van der Waals surface area (Å²) in [5, 5.41) is -0.0280. The van der Waals surface area contributed by atoms with Gasteiger partial charge in [-0.05, 0) is 86.6 Å². The van der Waals surface area contributed by atoms with E-state index in [1.807, 2.05) is 13.8 Å². The zero-order valence-corrected chi connectivity index (χ0v) is 21.7. The highest BCUT2D eigenvalue weighted by molar-refractivity contribution is 9.10. The van der Waals surface area contributed by atoms with E-state index in [-0.39, 0.29) is 29.7 Å². The fraction of sp³-hybridized carbons (Fsp3) is 0.522. The quantitative estimate of drug-likeness (QED) is 0.390. The minimum Gasteiger partial charge on any atom is -0.447 e. The number of anilines is 1. The van der Waals surface area contributed by atoms with Gasteiger partial charge in [-0.2, -0.15) is 13.2 Å². The van der Waals surface area contributed by atoms with Crippen molar-refractivity contribution in [2.75, 3.05) is 4.90 Å². The minimum atomic E-state index is -4.55. The third kappa shape index (κ3) is 5.94. The first kappa shape index (κ1) is 26.5. The van der Waals surface area contributed by atoms with E-state index in [0.29, 0.717) is 16.5 Å². The average molecular weight is 564 g/mol.